The smallest absolute Gasteiger partial charge is 0.410 e. The van der Waals surface area contributed by atoms with Gasteiger partial charge < -0.3 is 14.4 Å². The van der Waals surface area contributed by atoms with Crippen molar-refractivity contribution in [2.75, 3.05) is 13.1 Å². The lowest BCUT2D eigenvalue weighted by molar-refractivity contribution is 0.00772. The number of aromatic nitrogens is 1. The Morgan fingerprint density at radius 3 is 2.69 bits per heavy atom. The van der Waals surface area contributed by atoms with Gasteiger partial charge in [-0.05, 0) is 39.7 Å². The molecule has 1 saturated heterocycles. The van der Waals surface area contributed by atoms with E-state index in [2.05, 4.69) is 36.1 Å². The maximum absolute atomic E-state index is 12.3. The summed E-state index contributed by atoms with van der Waals surface area (Å²) in [5.41, 5.74) is 3.71. The van der Waals surface area contributed by atoms with Crippen LogP contribution in [0.15, 0.2) is 18.5 Å². The van der Waals surface area contributed by atoms with Gasteiger partial charge in [-0.3, -0.25) is 4.98 Å². The molecule has 2 rings (SSSR count). The number of ether oxygens (including phenoxy) is 2. The Balaban J connectivity index is 2.00. The van der Waals surface area contributed by atoms with Crippen molar-refractivity contribution in [3.05, 3.63) is 24.0 Å². The van der Waals surface area contributed by atoms with E-state index in [9.17, 15) is 4.79 Å². The number of carbonyl (C=O) groups is 1. The zero-order valence-corrected chi connectivity index (χ0v) is 17.8. The van der Waals surface area contributed by atoms with Crippen LogP contribution in [0.1, 0.15) is 39.2 Å². The Labute approximate surface area is 158 Å². The van der Waals surface area contributed by atoms with Crippen molar-refractivity contribution in [3.8, 4) is 17.2 Å². The van der Waals surface area contributed by atoms with Crippen LogP contribution in [0.2, 0.25) is 19.6 Å². The largest absolute Gasteiger partial charge is 0.487 e. The first-order chi connectivity index (χ1) is 12.0. The van der Waals surface area contributed by atoms with Crippen LogP contribution in [0, 0.1) is 11.5 Å². The second kappa shape index (κ2) is 8.13. The highest BCUT2D eigenvalue weighted by Gasteiger charge is 2.28. The minimum Gasteiger partial charge on any atom is -0.487 e. The zero-order valence-electron chi connectivity index (χ0n) is 16.8. The summed E-state index contributed by atoms with van der Waals surface area (Å²) in [5.74, 6) is 3.90. The Morgan fingerprint density at radius 2 is 2.04 bits per heavy atom. The Morgan fingerprint density at radius 1 is 1.31 bits per heavy atom. The number of pyridine rings is 1. The predicted octanol–water partition coefficient (Wildman–Crippen LogP) is 4.09. The average molecular weight is 375 g/mol. The third-order valence-electron chi connectivity index (χ3n) is 3.63. The summed E-state index contributed by atoms with van der Waals surface area (Å²) >= 11 is 0. The van der Waals surface area contributed by atoms with Crippen molar-refractivity contribution in [2.24, 2.45) is 0 Å². The van der Waals surface area contributed by atoms with Crippen molar-refractivity contribution in [1.29, 1.82) is 0 Å². The van der Waals surface area contributed by atoms with Gasteiger partial charge in [0.1, 0.15) is 25.5 Å². The second-order valence-electron chi connectivity index (χ2n) is 8.72. The van der Waals surface area contributed by atoms with Gasteiger partial charge in [-0.25, -0.2) is 4.79 Å². The molecule has 1 aromatic heterocycles. The molecule has 0 saturated carbocycles. The fourth-order valence-corrected chi connectivity index (χ4v) is 3.05. The maximum Gasteiger partial charge on any atom is 0.410 e. The van der Waals surface area contributed by atoms with Crippen molar-refractivity contribution in [1.82, 2.24) is 9.88 Å². The molecule has 1 amide bonds. The predicted molar refractivity (Wildman–Crippen MR) is 106 cm³/mol. The third kappa shape index (κ3) is 7.09. The van der Waals surface area contributed by atoms with E-state index in [1.54, 1.807) is 17.3 Å². The van der Waals surface area contributed by atoms with E-state index in [0.717, 1.165) is 18.4 Å². The number of rotatable bonds is 2. The average Bonchev–Trinajstić information content (AvgIpc) is 2.51. The lowest BCUT2D eigenvalue weighted by Crippen LogP contribution is -2.46. The van der Waals surface area contributed by atoms with Crippen LogP contribution < -0.4 is 4.74 Å². The molecule has 0 aliphatic carbocycles. The molecule has 142 valence electrons. The second-order valence-corrected chi connectivity index (χ2v) is 13.5. The quantitative estimate of drug-likeness (QED) is 0.578. The molecule has 1 fully saturated rings. The van der Waals surface area contributed by atoms with E-state index in [1.807, 2.05) is 26.8 Å². The van der Waals surface area contributed by atoms with Gasteiger partial charge in [0.2, 0.25) is 0 Å². The SMILES string of the molecule is CC(C)(C)OC(=O)N1CCCC(Oc2cncc(C#C[Si](C)(C)C)c2)C1. The van der Waals surface area contributed by atoms with E-state index in [0.29, 0.717) is 18.8 Å². The molecule has 1 aromatic rings. The van der Waals surface area contributed by atoms with Crippen molar-refractivity contribution < 1.29 is 14.3 Å². The molecule has 6 heteroatoms. The summed E-state index contributed by atoms with van der Waals surface area (Å²) in [6.07, 6.45) is 4.92. The van der Waals surface area contributed by atoms with E-state index >= 15 is 0 Å². The number of hydrogen-bond acceptors (Lipinski definition) is 4. The summed E-state index contributed by atoms with van der Waals surface area (Å²) in [4.78, 5) is 18.2. The number of likely N-dealkylation sites (tertiary alicyclic amines) is 1. The minimum absolute atomic E-state index is 0.0572. The van der Waals surface area contributed by atoms with E-state index in [1.165, 1.54) is 0 Å². The van der Waals surface area contributed by atoms with Gasteiger partial charge >= 0.3 is 6.09 Å². The first-order valence-electron chi connectivity index (χ1n) is 9.15. The first kappa shape index (κ1) is 20.3. The van der Waals surface area contributed by atoms with Crippen molar-refractivity contribution >= 4 is 14.2 Å². The maximum atomic E-state index is 12.3. The normalized spacial score (nSPS) is 17.9. The summed E-state index contributed by atoms with van der Waals surface area (Å²) in [7, 11) is -1.43. The van der Waals surface area contributed by atoms with Gasteiger partial charge in [-0.15, -0.1) is 5.54 Å². The van der Waals surface area contributed by atoms with Crippen molar-refractivity contribution in [2.45, 2.75) is 65.0 Å². The fourth-order valence-electron chi connectivity index (χ4n) is 2.53. The van der Waals surface area contributed by atoms with Crippen LogP contribution in [0.3, 0.4) is 0 Å². The molecular formula is C20H30N2O3Si. The van der Waals surface area contributed by atoms with Gasteiger partial charge in [0.15, 0.2) is 0 Å². The van der Waals surface area contributed by atoms with Crippen LogP contribution in [0.25, 0.3) is 0 Å². The number of amides is 1. The number of carbonyl (C=O) groups excluding carboxylic acids is 1. The molecular weight excluding hydrogens is 344 g/mol. The molecule has 26 heavy (non-hydrogen) atoms. The van der Waals surface area contributed by atoms with Crippen LogP contribution in [-0.4, -0.2) is 48.8 Å². The molecule has 1 aliphatic rings. The summed E-state index contributed by atoms with van der Waals surface area (Å²) < 4.78 is 11.5. The van der Waals surface area contributed by atoms with Gasteiger partial charge in [-0.1, -0.05) is 25.6 Å². The molecule has 0 N–H and O–H groups in total. The van der Waals surface area contributed by atoms with Gasteiger partial charge in [0.05, 0.1) is 12.7 Å². The van der Waals surface area contributed by atoms with Gasteiger partial charge in [0, 0.05) is 18.3 Å². The highest BCUT2D eigenvalue weighted by atomic mass is 28.3. The van der Waals surface area contributed by atoms with Crippen molar-refractivity contribution in [3.63, 3.8) is 0 Å². The molecule has 5 nitrogen and oxygen atoms in total. The molecule has 1 atom stereocenters. The van der Waals surface area contributed by atoms with E-state index in [4.69, 9.17) is 9.47 Å². The third-order valence-corrected chi connectivity index (χ3v) is 4.50. The van der Waals surface area contributed by atoms with E-state index < -0.39 is 13.7 Å². The topological polar surface area (TPSA) is 51.7 Å². The molecule has 0 aromatic carbocycles. The lowest BCUT2D eigenvalue weighted by Gasteiger charge is -2.34. The minimum atomic E-state index is -1.43. The van der Waals surface area contributed by atoms with Crippen LogP contribution in [-0.2, 0) is 4.74 Å². The Hall–Kier alpha value is -2.00. The zero-order chi connectivity index (χ0) is 19.4. The highest BCUT2D eigenvalue weighted by Crippen LogP contribution is 2.20. The molecule has 1 unspecified atom stereocenters. The Bertz CT molecular complexity index is 695. The monoisotopic (exact) mass is 374 g/mol. The highest BCUT2D eigenvalue weighted by molar-refractivity contribution is 6.83. The number of nitrogens with zero attached hydrogens (tertiary/aromatic N) is 2. The first-order valence-corrected chi connectivity index (χ1v) is 12.6. The van der Waals surface area contributed by atoms with Crippen LogP contribution in [0.5, 0.6) is 5.75 Å². The lowest BCUT2D eigenvalue weighted by atomic mass is 10.1. The summed E-state index contributed by atoms with van der Waals surface area (Å²) in [6.45, 7) is 13.5. The molecule has 1 aliphatic heterocycles. The number of piperidine rings is 1. The van der Waals surface area contributed by atoms with Crippen LogP contribution >= 0.6 is 0 Å². The van der Waals surface area contributed by atoms with Gasteiger partial charge in [0.25, 0.3) is 0 Å². The summed E-state index contributed by atoms with van der Waals surface area (Å²) in [5, 5.41) is 0. The molecule has 0 radical (unpaired) electrons. The Kier molecular flexibility index (Phi) is 6.35. The number of hydrogen-bond donors (Lipinski definition) is 0. The molecule has 2 heterocycles. The summed E-state index contributed by atoms with van der Waals surface area (Å²) in [6, 6.07) is 1.92. The molecule has 0 bridgehead atoms. The standard InChI is InChI=1S/C20H30N2O3Si/c1-20(2,3)25-19(23)22-10-7-8-17(15-22)24-18-12-16(13-21-14-18)9-11-26(4,5)6/h12-14,17H,7-8,10,15H2,1-6H3. The fraction of sp³-hybridized carbons (Fsp3) is 0.600. The van der Waals surface area contributed by atoms with Crippen LogP contribution in [0.4, 0.5) is 4.79 Å². The van der Waals surface area contributed by atoms with Gasteiger partial charge in [-0.2, -0.15) is 0 Å². The van der Waals surface area contributed by atoms with E-state index in [-0.39, 0.29) is 12.2 Å². The molecule has 0 spiro atoms.